The maximum Gasteiger partial charge on any atom is 0.330 e. The van der Waals surface area contributed by atoms with Crippen LogP contribution in [0.25, 0.3) is 0 Å². The Balaban J connectivity index is 1.92. The van der Waals surface area contributed by atoms with Gasteiger partial charge >= 0.3 is 5.97 Å². The number of unbranched alkanes of at least 4 members (excludes halogenated alkanes) is 1. The third kappa shape index (κ3) is 11.5. The Hall–Kier alpha value is -3.14. The van der Waals surface area contributed by atoms with Gasteiger partial charge in [-0.3, -0.25) is 0 Å². The summed E-state index contributed by atoms with van der Waals surface area (Å²) in [7, 11) is 1.58. The highest BCUT2D eigenvalue weighted by Crippen LogP contribution is 2.32. The first kappa shape index (κ1) is 31.1. The Morgan fingerprint density at radius 3 is 2.47 bits per heavy atom. The summed E-state index contributed by atoms with van der Waals surface area (Å²) in [6.45, 7) is 9.44. The van der Waals surface area contributed by atoms with Crippen LogP contribution in [0.2, 0.25) is 0 Å². The molecule has 2 aromatic carbocycles. The van der Waals surface area contributed by atoms with E-state index in [0.717, 1.165) is 30.0 Å². The Bertz CT molecular complexity index is 981. The van der Waals surface area contributed by atoms with Gasteiger partial charge in [0, 0.05) is 19.6 Å². The molecule has 8 nitrogen and oxygen atoms in total. The van der Waals surface area contributed by atoms with E-state index in [0.29, 0.717) is 44.3 Å². The van der Waals surface area contributed by atoms with E-state index in [1.54, 1.807) is 19.2 Å². The predicted molar refractivity (Wildman–Crippen MR) is 141 cm³/mol. The van der Waals surface area contributed by atoms with Crippen molar-refractivity contribution in [3.63, 3.8) is 0 Å². The largest absolute Gasteiger partial charge is 0.490 e. The second-order valence-electron chi connectivity index (χ2n) is 8.32. The number of hydrogen-bond acceptors (Lipinski definition) is 8. The summed E-state index contributed by atoms with van der Waals surface area (Å²) in [6.07, 6.45) is 3.29. The van der Waals surface area contributed by atoms with Crippen molar-refractivity contribution in [3.05, 3.63) is 66.0 Å². The Kier molecular flexibility index (Phi) is 14.9. The fraction of sp³-hybridized carbons (Fsp3) is 0.483. The van der Waals surface area contributed by atoms with Gasteiger partial charge in [0.25, 0.3) is 0 Å². The standard InChI is InChI=1S/C29H39FO8/c1-5-7-13-35-28-20-24(22(3)34-17-18-37-29(31)6-2)9-11-27(28)36-14-12-23-8-10-26(25(30)19-23)38-21-33-16-15-32-4/h6,8-11,19-20,22H,2,5,7,12-18,21H2,1,3-4H3. The van der Waals surface area contributed by atoms with Crippen LogP contribution >= 0.6 is 0 Å². The summed E-state index contributed by atoms with van der Waals surface area (Å²) in [4.78, 5) is 11.2. The highest BCUT2D eigenvalue weighted by molar-refractivity contribution is 5.81. The van der Waals surface area contributed by atoms with E-state index < -0.39 is 11.8 Å². The molecule has 0 fully saturated rings. The number of ether oxygens (including phenoxy) is 7. The molecule has 0 bridgehead atoms. The van der Waals surface area contributed by atoms with Crippen LogP contribution in [0.5, 0.6) is 17.2 Å². The van der Waals surface area contributed by atoms with E-state index in [-0.39, 0.29) is 31.9 Å². The van der Waals surface area contributed by atoms with Crippen molar-refractivity contribution in [2.75, 3.05) is 53.5 Å². The van der Waals surface area contributed by atoms with Crippen LogP contribution in [0.15, 0.2) is 49.1 Å². The summed E-state index contributed by atoms with van der Waals surface area (Å²) < 4.78 is 52.5. The second kappa shape index (κ2) is 18.2. The first-order chi connectivity index (χ1) is 18.5. The van der Waals surface area contributed by atoms with Gasteiger partial charge in [-0.2, -0.15) is 0 Å². The minimum Gasteiger partial charge on any atom is -0.490 e. The summed E-state index contributed by atoms with van der Waals surface area (Å²) in [5.41, 5.74) is 1.68. The maximum atomic E-state index is 14.4. The smallest absolute Gasteiger partial charge is 0.330 e. The lowest BCUT2D eigenvalue weighted by atomic mass is 10.1. The van der Waals surface area contributed by atoms with Gasteiger partial charge in [0.2, 0.25) is 0 Å². The number of hydrogen-bond donors (Lipinski definition) is 0. The molecule has 0 aliphatic heterocycles. The lowest BCUT2D eigenvalue weighted by Crippen LogP contribution is -2.11. The second-order valence-corrected chi connectivity index (χ2v) is 8.32. The van der Waals surface area contributed by atoms with Crippen LogP contribution in [0, 0.1) is 5.82 Å². The van der Waals surface area contributed by atoms with Crippen LogP contribution in [-0.4, -0.2) is 59.5 Å². The number of esters is 1. The van der Waals surface area contributed by atoms with E-state index >= 15 is 0 Å². The molecule has 38 heavy (non-hydrogen) atoms. The molecule has 0 amide bonds. The van der Waals surface area contributed by atoms with Crippen LogP contribution < -0.4 is 14.2 Å². The molecule has 0 N–H and O–H groups in total. The molecular weight excluding hydrogens is 495 g/mol. The van der Waals surface area contributed by atoms with E-state index in [9.17, 15) is 9.18 Å². The molecular formula is C29H39FO8. The highest BCUT2D eigenvalue weighted by Gasteiger charge is 2.13. The SMILES string of the molecule is C=CC(=O)OCCOC(C)c1ccc(OCCc2ccc(OCOCCOC)c(F)c2)c(OCCCC)c1. The monoisotopic (exact) mass is 534 g/mol. The normalized spacial score (nSPS) is 11.6. The number of rotatable bonds is 20. The van der Waals surface area contributed by atoms with E-state index in [2.05, 4.69) is 13.5 Å². The zero-order valence-corrected chi connectivity index (χ0v) is 22.5. The average Bonchev–Trinajstić information content (AvgIpc) is 2.92. The molecule has 9 heteroatoms. The van der Waals surface area contributed by atoms with Crippen molar-refractivity contribution in [2.24, 2.45) is 0 Å². The quantitative estimate of drug-likeness (QED) is 0.0963. The van der Waals surface area contributed by atoms with Crippen LogP contribution in [-0.2, 0) is 30.2 Å². The molecule has 0 aromatic heterocycles. The Labute approximate surface area is 224 Å². The van der Waals surface area contributed by atoms with Crippen LogP contribution in [0.3, 0.4) is 0 Å². The fourth-order valence-electron chi connectivity index (χ4n) is 3.26. The van der Waals surface area contributed by atoms with E-state index in [1.165, 1.54) is 6.07 Å². The van der Waals surface area contributed by atoms with Gasteiger partial charge in [0.15, 0.2) is 29.9 Å². The molecule has 0 saturated heterocycles. The molecule has 0 saturated carbocycles. The molecule has 0 aliphatic carbocycles. The van der Waals surface area contributed by atoms with E-state index in [1.807, 2.05) is 25.1 Å². The molecule has 0 spiro atoms. The zero-order valence-electron chi connectivity index (χ0n) is 22.5. The minimum atomic E-state index is -0.482. The summed E-state index contributed by atoms with van der Waals surface area (Å²) in [5, 5.41) is 0. The van der Waals surface area contributed by atoms with Gasteiger partial charge in [-0.25, -0.2) is 9.18 Å². The Morgan fingerprint density at radius 2 is 1.74 bits per heavy atom. The first-order valence-electron chi connectivity index (χ1n) is 12.8. The van der Waals surface area contributed by atoms with Crippen molar-refractivity contribution >= 4 is 5.97 Å². The molecule has 0 aliphatic rings. The van der Waals surface area contributed by atoms with Crippen molar-refractivity contribution in [2.45, 2.75) is 39.2 Å². The number of halogens is 1. The lowest BCUT2D eigenvalue weighted by Gasteiger charge is -2.18. The van der Waals surface area contributed by atoms with E-state index in [4.69, 9.17) is 33.2 Å². The average molecular weight is 535 g/mol. The third-order valence-electron chi connectivity index (χ3n) is 5.43. The molecule has 1 atom stereocenters. The third-order valence-corrected chi connectivity index (χ3v) is 5.43. The molecule has 0 heterocycles. The van der Waals surface area contributed by atoms with Gasteiger partial charge in [-0.1, -0.05) is 32.1 Å². The van der Waals surface area contributed by atoms with Gasteiger partial charge < -0.3 is 33.2 Å². The van der Waals surface area contributed by atoms with Gasteiger partial charge in [0.05, 0.1) is 39.1 Å². The van der Waals surface area contributed by atoms with Crippen molar-refractivity contribution < 1.29 is 42.3 Å². The predicted octanol–water partition coefficient (Wildman–Crippen LogP) is 5.43. The summed E-state index contributed by atoms with van der Waals surface area (Å²) in [6, 6.07) is 10.5. The number of carbonyl (C=O) groups is 1. The fourth-order valence-corrected chi connectivity index (χ4v) is 3.26. The molecule has 1 unspecified atom stereocenters. The number of benzene rings is 2. The van der Waals surface area contributed by atoms with Crippen molar-refractivity contribution in [1.29, 1.82) is 0 Å². The molecule has 0 radical (unpaired) electrons. The van der Waals surface area contributed by atoms with Crippen molar-refractivity contribution in [1.82, 2.24) is 0 Å². The van der Waals surface area contributed by atoms with Crippen LogP contribution in [0.1, 0.15) is 43.9 Å². The lowest BCUT2D eigenvalue weighted by molar-refractivity contribution is -0.139. The van der Waals surface area contributed by atoms with Crippen LogP contribution in [0.4, 0.5) is 4.39 Å². The number of methoxy groups -OCH3 is 1. The molecule has 2 rings (SSSR count). The minimum absolute atomic E-state index is 0.0496. The maximum absolute atomic E-state index is 14.4. The summed E-state index contributed by atoms with van der Waals surface area (Å²) >= 11 is 0. The number of carbonyl (C=O) groups excluding carboxylic acids is 1. The highest BCUT2D eigenvalue weighted by atomic mass is 19.1. The molecule has 210 valence electrons. The Morgan fingerprint density at radius 1 is 0.947 bits per heavy atom. The van der Waals surface area contributed by atoms with Gasteiger partial charge in [-0.05, 0) is 48.7 Å². The van der Waals surface area contributed by atoms with Gasteiger partial charge in [-0.15, -0.1) is 0 Å². The first-order valence-corrected chi connectivity index (χ1v) is 12.8. The summed E-state index contributed by atoms with van der Waals surface area (Å²) in [5.74, 6) is 0.409. The van der Waals surface area contributed by atoms with Gasteiger partial charge in [0.1, 0.15) is 6.61 Å². The molecule has 2 aromatic rings. The zero-order chi connectivity index (χ0) is 27.6. The van der Waals surface area contributed by atoms with Crippen molar-refractivity contribution in [3.8, 4) is 17.2 Å². The topological polar surface area (TPSA) is 81.7 Å².